The number of rotatable bonds is 3. The van der Waals surface area contributed by atoms with Crippen molar-refractivity contribution in [1.82, 2.24) is 14.5 Å². The molecule has 7 heteroatoms. The largest absolute Gasteiger partial charge is 0.508 e. The average molecular weight is 363 g/mol. The predicted octanol–water partition coefficient (Wildman–Crippen LogP) is 4.40. The van der Waals surface area contributed by atoms with Crippen molar-refractivity contribution in [1.29, 1.82) is 0 Å². The van der Waals surface area contributed by atoms with E-state index >= 15 is 0 Å². The zero-order valence-electron chi connectivity index (χ0n) is 14.3. The van der Waals surface area contributed by atoms with Crippen LogP contribution in [0.1, 0.15) is 25.0 Å². The van der Waals surface area contributed by atoms with Crippen LogP contribution in [0.4, 0.5) is 13.2 Å². The first-order valence-electron chi connectivity index (χ1n) is 8.84. The first-order valence-corrected chi connectivity index (χ1v) is 8.84. The van der Waals surface area contributed by atoms with Gasteiger partial charge in [0.05, 0.1) is 11.0 Å². The zero-order valence-corrected chi connectivity index (χ0v) is 14.3. The summed E-state index contributed by atoms with van der Waals surface area (Å²) in [5.41, 5.74) is -0.169. The summed E-state index contributed by atoms with van der Waals surface area (Å²) in [4.78, 5) is 5.91. The highest BCUT2D eigenvalue weighted by atomic mass is 19.4. The summed E-state index contributed by atoms with van der Waals surface area (Å²) >= 11 is 0. The van der Waals surface area contributed by atoms with Crippen molar-refractivity contribution >= 4 is 21.8 Å². The molecule has 1 aliphatic rings. The van der Waals surface area contributed by atoms with E-state index in [2.05, 4.69) is 9.88 Å². The standard InChI is InChI=1S/C19H20F3N3O/c20-19(21,22)18-17-15(6-7-23-18)14-5-4-13(26)12-16(14)25(17)11-10-24-8-2-1-3-9-24/h4-7,12,26H,1-3,8-11H2. The molecule has 138 valence electrons. The Balaban J connectivity index is 1.87. The Bertz CT molecular complexity index is 942. The first-order chi connectivity index (χ1) is 12.4. The van der Waals surface area contributed by atoms with Crippen molar-refractivity contribution in [3.8, 4) is 5.75 Å². The SMILES string of the molecule is Oc1ccc2c3ccnc(C(F)(F)F)c3n(CCN3CCCCC3)c2c1. The molecule has 4 nitrogen and oxygen atoms in total. The van der Waals surface area contributed by atoms with Crippen LogP contribution in [0.2, 0.25) is 0 Å². The van der Waals surface area contributed by atoms with Gasteiger partial charge in [-0.3, -0.25) is 0 Å². The third kappa shape index (κ3) is 3.00. The molecule has 0 spiro atoms. The zero-order chi connectivity index (χ0) is 18.3. The van der Waals surface area contributed by atoms with Crippen LogP contribution in [0.15, 0.2) is 30.5 Å². The maximum Gasteiger partial charge on any atom is 0.435 e. The van der Waals surface area contributed by atoms with Gasteiger partial charge in [-0.2, -0.15) is 13.2 Å². The molecule has 1 aromatic carbocycles. The molecule has 2 aromatic heterocycles. The van der Waals surface area contributed by atoms with Crippen molar-refractivity contribution in [3.05, 3.63) is 36.2 Å². The second-order valence-electron chi connectivity index (χ2n) is 6.81. The number of piperidine rings is 1. The summed E-state index contributed by atoms with van der Waals surface area (Å²) < 4.78 is 42.4. The Morgan fingerprint density at radius 3 is 2.50 bits per heavy atom. The molecule has 3 heterocycles. The quantitative estimate of drug-likeness (QED) is 0.750. The van der Waals surface area contributed by atoms with Gasteiger partial charge >= 0.3 is 6.18 Å². The highest BCUT2D eigenvalue weighted by Crippen LogP contribution is 2.38. The summed E-state index contributed by atoms with van der Waals surface area (Å²) in [7, 11) is 0. The number of pyridine rings is 1. The molecule has 1 N–H and O–H groups in total. The number of phenols is 1. The number of aromatic nitrogens is 2. The monoisotopic (exact) mass is 363 g/mol. The number of fused-ring (bicyclic) bond motifs is 3. The van der Waals surface area contributed by atoms with Gasteiger partial charge in [0.2, 0.25) is 0 Å². The Labute approximate surface area is 148 Å². The molecule has 26 heavy (non-hydrogen) atoms. The number of hydrogen-bond donors (Lipinski definition) is 1. The van der Waals surface area contributed by atoms with E-state index in [1.165, 1.54) is 24.8 Å². The fraction of sp³-hybridized carbons (Fsp3) is 0.421. The van der Waals surface area contributed by atoms with E-state index in [0.29, 0.717) is 29.4 Å². The molecule has 0 saturated carbocycles. The number of benzene rings is 1. The van der Waals surface area contributed by atoms with E-state index < -0.39 is 11.9 Å². The third-order valence-electron chi connectivity index (χ3n) is 5.11. The lowest BCUT2D eigenvalue weighted by atomic mass is 10.1. The first kappa shape index (κ1) is 17.1. The molecule has 0 unspecified atom stereocenters. The Kier molecular flexibility index (Phi) is 4.26. The molecule has 0 aliphatic carbocycles. The van der Waals surface area contributed by atoms with Crippen LogP contribution >= 0.6 is 0 Å². The number of alkyl halides is 3. The number of nitrogens with zero attached hydrogens (tertiary/aromatic N) is 3. The highest BCUT2D eigenvalue weighted by molar-refractivity contribution is 6.09. The van der Waals surface area contributed by atoms with Crippen molar-refractivity contribution in [2.45, 2.75) is 32.0 Å². The molecule has 1 aliphatic heterocycles. The molecule has 4 rings (SSSR count). The van der Waals surface area contributed by atoms with Crippen LogP contribution in [0, 0.1) is 0 Å². The van der Waals surface area contributed by atoms with E-state index in [4.69, 9.17) is 0 Å². The van der Waals surface area contributed by atoms with Crippen molar-refractivity contribution in [2.75, 3.05) is 19.6 Å². The van der Waals surface area contributed by atoms with Crippen molar-refractivity contribution in [3.63, 3.8) is 0 Å². The number of hydrogen-bond acceptors (Lipinski definition) is 3. The highest BCUT2D eigenvalue weighted by Gasteiger charge is 2.36. The molecule has 0 bridgehead atoms. The summed E-state index contributed by atoms with van der Waals surface area (Å²) in [6.07, 6.45) is 0.139. The molecule has 0 amide bonds. The summed E-state index contributed by atoms with van der Waals surface area (Å²) in [6.45, 7) is 3.07. The summed E-state index contributed by atoms with van der Waals surface area (Å²) in [5.74, 6) is 0.0426. The van der Waals surface area contributed by atoms with Crippen LogP contribution in [-0.4, -0.2) is 39.2 Å². The van der Waals surface area contributed by atoms with Crippen LogP contribution in [0.5, 0.6) is 5.75 Å². The second-order valence-corrected chi connectivity index (χ2v) is 6.81. The maximum absolute atomic E-state index is 13.6. The van der Waals surface area contributed by atoms with E-state index in [1.54, 1.807) is 16.7 Å². The van der Waals surface area contributed by atoms with Crippen LogP contribution < -0.4 is 0 Å². The lowest BCUT2D eigenvalue weighted by molar-refractivity contribution is -0.140. The fourth-order valence-corrected chi connectivity index (χ4v) is 3.90. The number of phenolic OH excluding ortho intramolecular Hbond substituents is 1. The third-order valence-corrected chi connectivity index (χ3v) is 5.11. The Hall–Kier alpha value is -2.28. The molecular weight excluding hydrogens is 343 g/mol. The summed E-state index contributed by atoms with van der Waals surface area (Å²) in [6, 6.07) is 6.32. The molecule has 1 fully saturated rings. The predicted molar refractivity (Wildman–Crippen MR) is 94.2 cm³/mol. The van der Waals surface area contributed by atoms with Gasteiger partial charge in [0.15, 0.2) is 5.69 Å². The maximum atomic E-state index is 13.6. The van der Waals surface area contributed by atoms with Gasteiger partial charge in [0.25, 0.3) is 0 Å². The Morgan fingerprint density at radius 1 is 1.00 bits per heavy atom. The van der Waals surface area contributed by atoms with E-state index in [1.807, 2.05) is 0 Å². The van der Waals surface area contributed by atoms with Gasteiger partial charge < -0.3 is 14.6 Å². The minimum atomic E-state index is -4.53. The minimum Gasteiger partial charge on any atom is -0.508 e. The lowest BCUT2D eigenvalue weighted by Gasteiger charge is -2.26. The van der Waals surface area contributed by atoms with Gasteiger partial charge in [-0.05, 0) is 44.1 Å². The van der Waals surface area contributed by atoms with Gasteiger partial charge in [-0.25, -0.2) is 4.98 Å². The molecule has 3 aromatic rings. The van der Waals surface area contributed by atoms with Crippen molar-refractivity contribution < 1.29 is 18.3 Å². The molecular formula is C19H20F3N3O. The molecule has 0 radical (unpaired) electrons. The average Bonchev–Trinajstić information content (AvgIpc) is 2.92. The number of halogens is 3. The van der Waals surface area contributed by atoms with Gasteiger partial charge in [0.1, 0.15) is 5.75 Å². The van der Waals surface area contributed by atoms with Crippen LogP contribution in [-0.2, 0) is 12.7 Å². The number of likely N-dealkylation sites (tertiary alicyclic amines) is 1. The Morgan fingerprint density at radius 2 is 1.77 bits per heavy atom. The second kappa shape index (κ2) is 6.46. The van der Waals surface area contributed by atoms with Gasteiger partial charge in [-0.1, -0.05) is 6.42 Å². The van der Waals surface area contributed by atoms with E-state index in [9.17, 15) is 18.3 Å². The fourth-order valence-electron chi connectivity index (χ4n) is 3.90. The van der Waals surface area contributed by atoms with E-state index in [-0.39, 0.29) is 11.3 Å². The minimum absolute atomic E-state index is 0.0426. The van der Waals surface area contributed by atoms with Gasteiger partial charge in [0, 0.05) is 36.1 Å². The normalized spacial score (nSPS) is 16.6. The molecule has 0 atom stereocenters. The van der Waals surface area contributed by atoms with Crippen LogP contribution in [0.25, 0.3) is 21.8 Å². The summed E-state index contributed by atoms with van der Waals surface area (Å²) in [5, 5.41) is 11.1. The van der Waals surface area contributed by atoms with Crippen LogP contribution in [0.3, 0.4) is 0 Å². The van der Waals surface area contributed by atoms with Crippen molar-refractivity contribution in [2.24, 2.45) is 0 Å². The van der Waals surface area contributed by atoms with Gasteiger partial charge in [-0.15, -0.1) is 0 Å². The van der Waals surface area contributed by atoms with E-state index in [0.717, 1.165) is 25.9 Å². The smallest absolute Gasteiger partial charge is 0.435 e. The molecule has 1 saturated heterocycles. The lowest BCUT2D eigenvalue weighted by Crippen LogP contribution is -2.32. The number of aromatic hydroxyl groups is 1. The topological polar surface area (TPSA) is 41.3 Å².